The van der Waals surface area contributed by atoms with Crippen molar-refractivity contribution in [3.05, 3.63) is 52.7 Å². The number of rotatable bonds is 5. The molecule has 0 aliphatic rings. The van der Waals surface area contributed by atoms with Crippen LogP contribution in [0, 0.1) is 17.1 Å². The summed E-state index contributed by atoms with van der Waals surface area (Å²) in [6.07, 6.45) is -4.50. The lowest BCUT2D eigenvalue weighted by Gasteiger charge is -2.31. The molecule has 1 heterocycles. The highest BCUT2D eigenvalue weighted by Crippen LogP contribution is 2.43. The zero-order valence-electron chi connectivity index (χ0n) is 12.0. The molecule has 0 spiro atoms. The van der Waals surface area contributed by atoms with Gasteiger partial charge in [0, 0.05) is 6.54 Å². The van der Waals surface area contributed by atoms with E-state index in [2.05, 4.69) is 0 Å². The van der Waals surface area contributed by atoms with Crippen molar-refractivity contribution in [2.75, 3.05) is 6.54 Å². The third-order valence-corrected chi connectivity index (χ3v) is 5.27. The second-order valence-electron chi connectivity index (χ2n) is 4.55. The van der Waals surface area contributed by atoms with E-state index < -0.39 is 18.0 Å². The molecular weight excluding hydrogens is 348 g/mol. The minimum absolute atomic E-state index is 0.0229. The van der Waals surface area contributed by atoms with Gasteiger partial charge >= 0.3 is 6.18 Å². The number of benzene rings is 1. The SMILES string of the molecule is CCN(Sc1ccc(C#N)s1)C(c1ccc(F)cc1)C(F)(F)F. The molecule has 1 aromatic carbocycles. The van der Waals surface area contributed by atoms with Crippen LogP contribution in [0.5, 0.6) is 0 Å². The van der Waals surface area contributed by atoms with Gasteiger partial charge in [-0.2, -0.15) is 18.4 Å². The van der Waals surface area contributed by atoms with E-state index in [1.807, 2.05) is 6.07 Å². The second-order valence-corrected chi connectivity index (χ2v) is 6.98. The van der Waals surface area contributed by atoms with Crippen LogP contribution in [-0.4, -0.2) is 17.0 Å². The van der Waals surface area contributed by atoms with Gasteiger partial charge in [-0.25, -0.2) is 8.70 Å². The summed E-state index contributed by atoms with van der Waals surface area (Å²) in [5.74, 6) is -0.581. The van der Waals surface area contributed by atoms with Gasteiger partial charge in [-0.1, -0.05) is 19.1 Å². The van der Waals surface area contributed by atoms with Crippen molar-refractivity contribution in [2.45, 2.75) is 23.4 Å². The first-order valence-electron chi connectivity index (χ1n) is 6.62. The standard InChI is InChI=1S/C15H12F4N2S2/c1-2-21(23-13-8-7-12(9-20)22-13)14(15(17,18)19)10-3-5-11(16)6-4-10/h3-8,14H,2H2,1H3. The molecule has 2 nitrogen and oxygen atoms in total. The first-order chi connectivity index (χ1) is 10.8. The van der Waals surface area contributed by atoms with Gasteiger partial charge in [-0.05, 0) is 41.8 Å². The smallest absolute Gasteiger partial charge is 0.230 e. The van der Waals surface area contributed by atoms with E-state index >= 15 is 0 Å². The van der Waals surface area contributed by atoms with Crippen molar-refractivity contribution in [3.63, 3.8) is 0 Å². The van der Waals surface area contributed by atoms with E-state index in [4.69, 9.17) is 5.26 Å². The highest BCUT2D eigenvalue weighted by molar-refractivity contribution is 7.99. The van der Waals surface area contributed by atoms with E-state index in [1.165, 1.54) is 4.31 Å². The molecule has 8 heteroatoms. The van der Waals surface area contributed by atoms with Gasteiger partial charge in [-0.3, -0.25) is 0 Å². The van der Waals surface area contributed by atoms with Crippen LogP contribution in [0.2, 0.25) is 0 Å². The molecular formula is C15H12F4N2S2. The van der Waals surface area contributed by atoms with E-state index in [-0.39, 0.29) is 12.1 Å². The highest BCUT2D eigenvalue weighted by Gasteiger charge is 2.45. The van der Waals surface area contributed by atoms with Crippen molar-refractivity contribution >= 4 is 23.3 Å². The van der Waals surface area contributed by atoms with Crippen LogP contribution in [0.15, 0.2) is 40.6 Å². The largest absolute Gasteiger partial charge is 0.408 e. The number of hydrogen-bond acceptors (Lipinski definition) is 4. The van der Waals surface area contributed by atoms with Crippen molar-refractivity contribution in [1.29, 1.82) is 5.26 Å². The molecule has 1 aromatic heterocycles. The van der Waals surface area contributed by atoms with Crippen molar-refractivity contribution in [3.8, 4) is 6.07 Å². The number of halogens is 4. The van der Waals surface area contributed by atoms with Crippen LogP contribution < -0.4 is 0 Å². The number of nitriles is 1. The van der Waals surface area contributed by atoms with Gasteiger partial charge in [0.1, 0.15) is 22.8 Å². The minimum Gasteiger partial charge on any atom is -0.230 e. The van der Waals surface area contributed by atoms with Gasteiger partial charge in [0.25, 0.3) is 0 Å². The lowest BCUT2D eigenvalue weighted by molar-refractivity contribution is -0.172. The van der Waals surface area contributed by atoms with Gasteiger partial charge in [0.05, 0.1) is 4.21 Å². The summed E-state index contributed by atoms with van der Waals surface area (Å²) in [5.41, 5.74) is -0.0229. The Morgan fingerprint density at radius 2 is 1.87 bits per heavy atom. The molecule has 0 radical (unpaired) electrons. The summed E-state index contributed by atoms with van der Waals surface area (Å²) < 4.78 is 55.3. The first-order valence-corrected chi connectivity index (χ1v) is 8.21. The molecule has 0 aliphatic carbocycles. The van der Waals surface area contributed by atoms with Crippen LogP contribution >= 0.6 is 23.3 Å². The Morgan fingerprint density at radius 1 is 1.22 bits per heavy atom. The monoisotopic (exact) mass is 360 g/mol. The maximum absolute atomic E-state index is 13.5. The summed E-state index contributed by atoms with van der Waals surface area (Å²) in [6, 6.07) is 7.62. The zero-order chi connectivity index (χ0) is 17.0. The number of nitrogens with zero attached hydrogens (tertiary/aromatic N) is 2. The topological polar surface area (TPSA) is 27.0 Å². The molecule has 2 aromatic rings. The summed E-state index contributed by atoms with van der Waals surface area (Å²) in [5, 5.41) is 8.81. The van der Waals surface area contributed by atoms with E-state index in [0.717, 1.165) is 47.6 Å². The Morgan fingerprint density at radius 3 is 2.35 bits per heavy atom. The molecule has 0 aliphatic heterocycles. The fraction of sp³-hybridized carbons (Fsp3) is 0.267. The molecule has 0 amide bonds. The predicted molar refractivity (Wildman–Crippen MR) is 82.5 cm³/mol. The van der Waals surface area contributed by atoms with Crippen molar-refractivity contribution < 1.29 is 17.6 Å². The molecule has 1 unspecified atom stereocenters. The van der Waals surface area contributed by atoms with Gasteiger partial charge < -0.3 is 0 Å². The lowest BCUT2D eigenvalue weighted by atomic mass is 10.1. The number of hydrogen-bond donors (Lipinski definition) is 0. The summed E-state index contributed by atoms with van der Waals surface area (Å²) in [4.78, 5) is 0.439. The normalized spacial score (nSPS) is 13.1. The number of thiophene rings is 1. The molecule has 0 N–H and O–H groups in total. The highest BCUT2D eigenvalue weighted by atomic mass is 32.2. The molecule has 0 saturated carbocycles. The van der Waals surface area contributed by atoms with Crippen LogP contribution in [0.3, 0.4) is 0 Å². The van der Waals surface area contributed by atoms with E-state index in [9.17, 15) is 17.6 Å². The average Bonchev–Trinajstić information content (AvgIpc) is 2.95. The van der Waals surface area contributed by atoms with Gasteiger partial charge in [0.15, 0.2) is 0 Å². The Labute approximate surface area is 139 Å². The Bertz CT molecular complexity index is 689. The van der Waals surface area contributed by atoms with E-state index in [1.54, 1.807) is 19.1 Å². The quantitative estimate of drug-likeness (QED) is 0.528. The van der Waals surface area contributed by atoms with Crippen LogP contribution in [0.1, 0.15) is 23.4 Å². The van der Waals surface area contributed by atoms with Gasteiger partial charge in [-0.15, -0.1) is 11.3 Å². The molecule has 0 saturated heterocycles. The summed E-state index contributed by atoms with van der Waals surface area (Å²) >= 11 is 2.08. The van der Waals surface area contributed by atoms with Crippen molar-refractivity contribution in [2.24, 2.45) is 0 Å². The summed E-state index contributed by atoms with van der Waals surface area (Å²) in [6.45, 7) is 1.75. The Hall–Kier alpha value is -1.56. The minimum atomic E-state index is -4.50. The van der Waals surface area contributed by atoms with Gasteiger partial charge in [0.2, 0.25) is 0 Å². The zero-order valence-corrected chi connectivity index (χ0v) is 13.6. The van der Waals surface area contributed by atoms with E-state index in [0.29, 0.717) is 9.09 Å². The molecule has 1 atom stereocenters. The number of alkyl halides is 3. The second kappa shape index (κ2) is 7.34. The van der Waals surface area contributed by atoms with Crippen LogP contribution in [-0.2, 0) is 0 Å². The molecule has 0 bridgehead atoms. The van der Waals surface area contributed by atoms with Crippen LogP contribution in [0.25, 0.3) is 0 Å². The molecule has 23 heavy (non-hydrogen) atoms. The lowest BCUT2D eigenvalue weighted by Crippen LogP contribution is -2.34. The third kappa shape index (κ3) is 4.47. The first kappa shape index (κ1) is 17.8. The molecule has 2 rings (SSSR count). The van der Waals surface area contributed by atoms with Crippen LogP contribution in [0.4, 0.5) is 17.6 Å². The van der Waals surface area contributed by atoms with Crippen molar-refractivity contribution in [1.82, 2.24) is 4.31 Å². The fourth-order valence-corrected chi connectivity index (χ4v) is 4.08. The average molecular weight is 360 g/mol. The predicted octanol–water partition coefficient (Wildman–Crippen LogP) is 5.39. The Kier molecular flexibility index (Phi) is 5.68. The third-order valence-electron chi connectivity index (χ3n) is 2.99. The molecule has 122 valence electrons. The maximum atomic E-state index is 13.5. The molecule has 0 fully saturated rings. The maximum Gasteiger partial charge on any atom is 0.408 e. The Balaban J connectivity index is 2.32. The fourth-order valence-electron chi connectivity index (χ4n) is 2.01. The summed E-state index contributed by atoms with van der Waals surface area (Å²) in [7, 11) is 0.